The zero-order valence-electron chi connectivity index (χ0n) is 6.82. The second-order valence-corrected chi connectivity index (χ2v) is 3.18. The highest BCUT2D eigenvalue weighted by atomic mass is 32.2. The lowest BCUT2D eigenvalue weighted by atomic mass is 10.5. The van der Waals surface area contributed by atoms with E-state index in [0.717, 1.165) is 10.9 Å². The fourth-order valence-electron chi connectivity index (χ4n) is 0.813. The molecule has 0 saturated heterocycles. The number of aliphatic hydroxyl groups is 1. The molecule has 12 heavy (non-hydrogen) atoms. The van der Waals surface area contributed by atoms with Crippen LogP contribution in [0.1, 0.15) is 5.69 Å². The molecule has 0 unspecified atom stereocenters. The Kier molecular flexibility index (Phi) is 3.20. The van der Waals surface area contributed by atoms with Gasteiger partial charge < -0.3 is 9.67 Å². The van der Waals surface area contributed by atoms with Gasteiger partial charge in [-0.25, -0.2) is 4.98 Å². The van der Waals surface area contributed by atoms with Gasteiger partial charge >= 0.3 is 0 Å². The fourth-order valence-corrected chi connectivity index (χ4v) is 1.46. The lowest BCUT2D eigenvalue weighted by Gasteiger charge is -2.00. The normalized spacial score (nSPS) is 9.75. The lowest BCUT2D eigenvalue weighted by Crippen LogP contribution is -1.97. The van der Waals surface area contributed by atoms with Gasteiger partial charge in [0.1, 0.15) is 0 Å². The summed E-state index contributed by atoms with van der Waals surface area (Å²) in [7, 11) is 1.86. The Morgan fingerprint density at radius 1 is 1.83 bits per heavy atom. The van der Waals surface area contributed by atoms with Gasteiger partial charge in [0.15, 0.2) is 5.16 Å². The summed E-state index contributed by atoms with van der Waals surface area (Å²) in [6.07, 6.45) is 6.76. The van der Waals surface area contributed by atoms with Crippen molar-refractivity contribution in [1.29, 1.82) is 0 Å². The molecule has 0 atom stereocenters. The van der Waals surface area contributed by atoms with Crippen molar-refractivity contribution in [3.05, 3.63) is 11.9 Å². The van der Waals surface area contributed by atoms with Crippen LogP contribution in [-0.2, 0) is 13.7 Å². The second kappa shape index (κ2) is 4.19. The van der Waals surface area contributed by atoms with E-state index in [4.69, 9.17) is 11.5 Å². The van der Waals surface area contributed by atoms with Crippen molar-refractivity contribution >= 4 is 11.8 Å². The van der Waals surface area contributed by atoms with E-state index in [-0.39, 0.29) is 6.61 Å². The smallest absolute Gasteiger partial charge is 0.168 e. The zero-order valence-corrected chi connectivity index (χ0v) is 7.64. The molecule has 1 heterocycles. The molecule has 0 saturated carbocycles. The maximum absolute atomic E-state index is 8.85. The number of terminal acetylenes is 1. The molecule has 64 valence electrons. The van der Waals surface area contributed by atoms with Crippen molar-refractivity contribution in [2.75, 3.05) is 5.75 Å². The molecule has 1 rings (SSSR count). The quantitative estimate of drug-likeness (QED) is 0.550. The first kappa shape index (κ1) is 9.17. The highest BCUT2D eigenvalue weighted by molar-refractivity contribution is 7.99. The van der Waals surface area contributed by atoms with Crippen LogP contribution >= 0.6 is 11.8 Å². The molecule has 0 spiro atoms. The van der Waals surface area contributed by atoms with E-state index >= 15 is 0 Å². The van der Waals surface area contributed by atoms with Crippen LogP contribution in [0.25, 0.3) is 0 Å². The highest BCUT2D eigenvalue weighted by Gasteiger charge is 2.04. The maximum Gasteiger partial charge on any atom is 0.168 e. The molecular formula is C8H10N2OS. The third-order valence-electron chi connectivity index (χ3n) is 1.49. The predicted octanol–water partition coefficient (Wildman–Crippen LogP) is 0.638. The molecule has 0 bridgehead atoms. The number of aromatic nitrogens is 2. The molecule has 0 aliphatic rings. The summed E-state index contributed by atoms with van der Waals surface area (Å²) in [4.78, 5) is 4.09. The van der Waals surface area contributed by atoms with Gasteiger partial charge in [-0.2, -0.15) is 0 Å². The van der Waals surface area contributed by atoms with Crippen molar-refractivity contribution in [3.63, 3.8) is 0 Å². The molecule has 0 fully saturated rings. The van der Waals surface area contributed by atoms with E-state index in [1.807, 2.05) is 11.6 Å². The van der Waals surface area contributed by atoms with Gasteiger partial charge in [-0.15, -0.1) is 6.42 Å². The van der Waals surface area contributed by atoms with Gasteiger partial charge in [-0.1, -0.05) is 17.7 Å². The third kappa shape index (κ3) is 1.81. The van der Waals surface area contributed by atoms with Crippen molar-refractivity contribution < 1.29 is 5.11 Å². The van der Waals surface area contributed by atoms with Gasteiger partial charge in [-0.05, 0) is 0 Å². The number of rotatable bonds is 3. The van der Waals surface area contributed by atoms with Gasteiger partial charge in [0.2, 0.25) is 0 Å². The number of hydrogen-bond acceptors (Lipinski definition) is 3. The van der Waals surface area contributed by atoms with Crippen molar-refractivity contribution in [3.8, 4) is 12.3 Å². The topological polar surface area (TPSA) is 38.1 Å². The van der Waals surface area contributed by atoms with Crippen LogP contribution < -0.4 is 0 Å². The Bertz CT molecular complexity index is 300. The van der Waals surface area contributed by atoms with Crippen LogP contribution in [0.15, 0.2) is 11.4 Å². The minimum Gasteiger partial charge on any atom is -0.390 e. The molecule has 3 nitrogen and oxygen atoms in total. The van der Waals surface area contributed by atoms with Crippen molar-refractivity contribution in [2.24, 2.45) is 7.05 Å². The predicted molar refractivity (Wildman–Crippen MR) is 48.7 cm³/mol. The van der Waals surface area contributed by atoms with Crippen molar-refractivity contribution in [2.45, 2.75) is 11.8 Å². The molecule has 0 aromatic carbocycles. The summed E-state index contributed by atoms with van der Waals surface area (Å²) in [5.41, 5.74) is 0.800. The highest BCUT2D eigenvalue weighted by Crippen LogP contribution is 2.15. The summed E-state index contributed by atoms with van der Waals surface area (Å²) < 4.78 is 1.84. The molecule has 1 N–H and O–H groups in total. The monoisotopic (exact) mass is 182 g/mol. The van der Waals surface area contributed by atoms with E-state index in [0.29, 0.717) is 5.75 Å². The Labute approximate surface area is 75.8 Å². The van der Waals surface area contributed by atoms with Crippen molar-refractivity contribution in [1.82, 2.24) is 9.55 Å². The van der Waals surface area contributed by atoms with E-state index in [2.05, 4.69) is 10.9 Å². The summed E-state index contributed by atoms with van der Waals surface area (Å²) in [6, 6.07) is 0. The number of thioether (sulfide) groups is 1. The summed E-state index contributed by atoms with van der Waals surface area (Å²) in [5.74, 6) is 3.12. The number of hydrogen-bond donors (Lipinski definition) is 1. The average molecular weight is 182 g/mol. The summed E-state index contributed by atoms with van der Waals surface area (Å²) >= 11 is 1.49. The molecule has 1 aromatic heterocycles. The maximum atomic E-state index is 8.85. The minimum absolute atomic E-state index is 0.0140. The second-order valence-electron chi connectivity index (χ2n) is 2.24. The van der Waals surface area contributed by atoms with Gasteiger partial charge in [-0.3, -0.25) is 0 Å². The van der Waals surface area contributed by atoms with E-state index in [1.165, 1.54) is 11.8 Å². The standard InChI is InChI=1S/C8H10N2OS/c1-3-4-12-8-9-5-7(6-11)10(8)2/h1,5,11H,4,6H2,2H3. The average Bonchev–Trinajstić information content (AvgIpc) is 2.43. The number of aliphatic hydroxyl groups excluding tert-OH is 1. The van der Waals surface area contributed by atoms with Crippen LogP contribution in [0.2, 0.25) is 0 Å². The first-order chi connectivity index (χ1) is 5.79. The first-order valence-electron chi connectivity index (χ1n) is 3.47. The first-order valence-corrected chi connectivity index (χ1v) is 4.46. The SMILES string of the molecule is C#CCSc1ncc(CO)n1C. The number of nitrogens with zero attached hydrogens (tertiary/aromatic N) is 2. The molecule has 0 aliphatic heterocycles. The molecular weight excluding hydrogens is 172 g/mol. The lowest BCUT2D eigenvalue weighted by molar-refractivity contribution is 0.271. The molecule has 1 aromatic rings. The van der Waals surface area contributed by atoms with E-state index in [9.17, 15) is 0 Å². The molecule has 4 heteroatoms. The van der Waals surface area contributed by atoms with Crippen LogP contribution in [-0.4, -0.2) is 20.4 Å². The largest absolute Gasteiger partial charge is 0.390 e. The summed E-state index contributed by atoms with van der Waals surface area (Å²) in [6.45, 7) is 0.0140. The van der Waals surface area contributed by atoms with Gasteiger partial charge in [0.05, 0.1) is 24.3 Å². The van der Waals surface area contributed by atoms with Crippen LogP contribution in [0.4, 0.5) is 0 Å². The van der Waals surface area contributed by atoms with E-state index < -0.39 is 0 Å². The molecule has 0 amide bonds. The Hall–Kier alpha value is -0.920. The van der Waals surface area contributed by atoms with Gasteiger partial charge in [0.25, 0.3) is 0 Å². The third-order valence-corrected chi connectivity index (χ3v) is 2.44. The summed E-state index contributed by atoms with van der Waals surface area (Å²) in [5, 5.41) is 9.69. The minimum atomic E-state index is 0.0140. The Morgan fingerprint density at radius 2 is 2.58 bits per heavy atom. The molecule has 0 aliphatic carbocycles. The fraction of sp³-hybridized carbons (Fsp3) is 0.375. The zero-order chi connectivity index (χ0) is 8.97. The Morgan fingerprint density at radius 3 is 3.08 bits per heavy atom. The Balaban J connectivity index is 2.74. The van der Waals surface area contributed by atoms with Gasteiger partial charge in [0, 0.05) is 7.05 Å². The number of imidazole rings is 1. The molecule has 0 radical (unpaired) electrons. The van der Waals surface area contributed by atoms with Crippen LogP contribution in [0.3, 0.4) is 0 Å². The van der Waals surface area contributed by atoms with Crippen LogP contribution in [0, 0.1) is 12.3 Å². The van der Waals surface area contributed by atoms with Crippen LogP contribution in [0.5, 0.6) is 0 Å². The van der Waals surface area contributed by atoms with E-state index in [1.54, 1.807) is 6.20 Å².